The fourth-order valence-corrected chi connectivity index (χ4v) is 6.45. The fraction of sp³-hybridized carbons (Fsp3) is 0.440. The van der Waals surface area contributed by atoms with Gasteiger partial charge in [0.2, 0.25) is 10.0 Å². The molecule has 2 aliphatic heterocycles. The van der Waals surface area contributed by atoms with E-state index >= 15 is 0 Å². The van der Waals surface area contributed by atoms with Crippen molar-refractivity contribution in [2.75, 3.05) is 24.6 Å². The molecule has 0 radical (unpaired) electrons. The Hall–Kier alpha value is -2.87. The van der Waals surface area contributed by atoms with Gasteiger partial charge in [0.1, 0.15) is 5.75 Å². The molecular weight excluding hydrogens is 438 g/mol. The molecule has 3 atom stereocenters. The van der Waals surface area contributed by atoms with Gasteiger partial charge < -0.3 is 9.64 Å². The molecule has 8 heteroatoms. The van der Waals surface area contributed by atoms with Gasteiger partial charge >= 0.3 is 0 Å². The first-order chi connectivity index (χ1) is 15.6. The molecule has 1 amide bonds. The van der Waals surface area contributed by atoms with Gasteiger partial charge in [0, 0.05) is 36.2 Å². The van der Waals surface area contributed by atoms with E-state index in [1.807, 2.05) is 41.4 Å². The molecule has 2 aromatic carbocycles. The number of sulfonamides is 1. The standard InChI is InChI=1S/C25H29N3O4S/c1-15-20-14-17-6-8-21(32-3)23(27-33(4,30)31)22(17)25(15,2)10-12-28(20)24(29)18-5-7-19-16(13-18)9-11-26-19/h5-8,11,13,15,20,27H,9-10,12,14H2,1-4H3/t15-,20-,25-/m1/s1. The average Bonchev–Trinajstić information content (AvgIpc) is 3.22. The van der Waals surface area contributed by atoms with Crippen molar-refractivity contribution in [3.05, 3.63) is 52.6 Å². The van der Waals surface area contributed by atoms with Crippen molar-refractivity contribution in [3.8, 4) is 5.75 Å². The van der Waals surface area contributed by atoms with Gasteiger partial charge in [-0.2, -0.15) is 0 Å². The molecule has 2 bridgehead atoms. The SMILES string of the molecule is COc1ccc2c(c1NS(C)(=O)=O)[C@]1(C)CCN(C(=O)c3ccc4c(c3)CC=N4)[C@H](C2)[C@H]1C. The molecule has 5 rings (SSSR count). The number of carbonyl (C=O) groups excluding carboxylic acids is 1. The number of piperidine rings is 1. The summed E-state index contributed by atoms with van der Waals surface area (Å²) in [4.78, 5) is 20.0. The normalized spacial score (nSPS) is 25.4. The predicted octanol–water partition coefficient (Wildman–Crippen LogP) is 3.69. The molecule has 1 fully saturated rings. The zero-order chi connectivity index (χ0) is 23.5. The van der Waals surface area contributed by atoms with Gasteiger partial charge in [-0.05, 0) is 59.7 Å². The monoisotopic (exact) mass is 467 g/mol. The highest BCUT2D eigenvalue weighted by Crippen LogP contribution is 2.53. The van der Waals surface area contributed by atoms with Crippen molar-refractivity contribution in [1.82, 2.24) is 4.90 Å². The third-order valence-electron chi connectivity index (χ3n) is 7.74. The van der Waals surface area contributed by atoms with Gasteiger partial charge in [-0.3, -0.25) is 14.5 Å². The van der Waals surface area contributed by atoms with Crippen LogP contribution in [0.4, 0.5) is 11.4 Å². The maximum atomic E-state index is 13.6. The highest BCUT2D eigenvalue weighted by molar-refractivity contribution is 7.92. The Morgan fingerprint density at radius 3 is 2.76 bits per heavy atom. The summed E-state index contributed by atoms with van der Waals surface area (Å²) in [5.41, 5.74) is 5.04. The van der Waals surface area contributed by atoms with Crippen LogP contribution in [-0.4, -0.2) is 51.4 Å². The van der Waals surface area contributed by atoms with Gasteiger partial charge in [-0.25, -0.2) is 8.42 Å². The van der Waals surface area contributed by atoms with Crippen LogP contribution in [0.15, 0.2) is 35.3 Å². The number of carbonyl (C=O) groups is 1. The van der Waals surface area contributed by atoms with Gasteiger partial charge in [0.25, 0.3) is 5.91 Å². The van der Waals surface area contributed by atoms with Crippen LogP contribution < -0.4 is 9.46 Å². The van der Waals surface area contributed by atoms with Crippen LogP contribution in [0.3, 0.4) is 0 Å². The Kier molecular flexibility index (Phi) is 5.04. The molecule has 2 heterocycles. The van der Waals surface area contributed by atoms with E-state index in [9.17, 15) is 13.2 Å². The van der Waals surface area contributed by atoms with Gasteiger partial charge in [-0.15, -0.1) is 0 Å². The molecule has 1 aliphatic carbocycles. The second-order valence-electron chi connectivity index (χ2n) is 9.64. The topological polar surface area (TPSA) is 88.1 Å². The van der Waals surface area contributed by atoms with Gasteiger partial charge in [-0.1, -0.05) is 19.9 Å². The largest absolute Gasteiger partial charge is 0.495 e. The minimum Gasteiger partial charge on any atom is -0.495 e. The first-order valence-corrected chi connectivity index (χ1v) is 13.2. The lowest BCUT2D eigenvalue weighted by Crippen LogP contribution is -2.59. The molecule has 2 aromatic rings. The third kappa shape index (κ3) is 3.51. The average molecular weight is 468 g/mol. The Labute approximate surface area is 194 Å². The van der Waals surface area contributed by atoms with Crippen molar-refractivity contribution in [2.45, 2.75) is 44.6 Å². The number of hydrogen-bond acceptors (Lipinski definition) is 5. The number of amides is 1. The number of nitrogens with one attached hydrogen (secondary N) is 1. The van der Waals surface area contributed by atoms with Crippen LogP contribution in [-0.2, 0) is 28.3 Å². The third-order valence-corrected chi connectivity index (χ3v) is 8.32. The summed E-state index contributed by atoms with van der Waals surface area (Å²) in [6.45, 7) is 4.98. The number of anilines is 1. The number of methoxy groups -OCH3 is 1. The molecule has 3 aliphatic rings. The van der Waals surface area contributed by atoms with E-state index in [-0.39, 0.29) is 23.3 Å². The number of fused-ring (bicyclic) bond motifs is 5. The van der Waals surface area contributed by atoms with Gasteiger partial charge in [0.15, 0.2) is 0 Å². The molecule has 174 valence electrons. The summed E-state index contributed by atoms with van der Waals surface area (Å²) in [6.07, 6.45) is 5.21. The number of benzene rings is 2. The number of hydrogen-bond donors (Lipinski definition) is 1. The van der Waals surface area contributed by atoms with Crippen molar-refractivity contribution in [3.63, 3.8) is 0 Å². The summed E-state index contributed by atoms with van der Waals surface area (Å²) < 4.78 is 32.6. The first kappa shape index (κ1) is 21.9. The zero-order valence-electron chi connectivity index (χ0n) is 19.4. The highest BCUT2D eigenvalue weighted by Gasteiger charge is 2.51. The van der Waals surface area contributed by atoms with E-state index < -0.39 is 10.0 Å². The lowest BCUT2D eigenvalue weighted by Gasteiger charge is -2.55. The van der Waals surface area contributed by atoms with Crippen LogP contribution in [0.25, 0.3) is 0 Å². The molecule has 1 saturated heterocycles. The van der Waals surface area contributed by atoms with E-state index in [0.29, 0.717) is 30.0 Å². The Morgan fingerprint density at radius 2 is 2.03 bits per heavy atom. The maximum absolute atomic E-state index is 13.6. The maximum Gasteiger partial charge on any atom is 0.254 e. The molecule has 1 N–H and O–H groups in total. The van der Waals surface area contributed by atoms with Crippen molar-refractivity contribution in [1.29, 1.82) is 0 Å². The summed E-state index contributed by atoms with van der Waals surface area (Å²) >= 11 is 0. The first-order valence-electron chi connectivity index (χ1n) is 11.3. The van der Waals surface area contributed by atoms with E-state index in [1.165, 1.54) is 0 Å². The smallest absolute Gasteiger partial charge is 0.254 e. The predicted molar refractivity (Wildman–Crippen MR) is 129 cm³/mol. The van der Waals surface area contributed by atoms with Crippen LogP contribution in [0, 0.1) is 5.92 Å². The van der Waals surface area contributed by atoms with Crippen LogP contribution in [0.2, 0.25) is 0 Å². The Balaban J connectivity index is 1.54. The van der Waals surface area contributed by atoms with Crippen molar-refractivity contribution in [2.24, 2.45) is 10.9 Å². The lowest BCUT2D eigenvalue weighted by atomic mass is 9.58. The molecule has 0 spiro atoms. The Morgan fingerprint density at radius 1 is 1.24 bits per heavy atom. The lowest BCUT2D eigenvalue weighted by molar-refractivity contribution is 0.0252. The summed E-state index contributed by atoms with van der Waals surface area (Å²) in [6, 6.07) is 9.63. The van der Waals surface area contributed by atoms with Crippen LogP contribution >= 0.6 is 0 Å². The molecule has 0 aromatic heterocycles. The van der Waals surface area contributed by atoms with Crippen LogP contribution in [0.5, 0.6) is 5.75 Å². The number of ether oxygens (including phenoxy) is 1. The summed E-state index contributed by atoms with van der Waals surface area (Å²) in [7, 11) is -1.93. The number of likely N-dealkylation sites (tertiary alicyclic amines) is 1. The number of nitrogens with zero attached hydrogens (tertiary/aromatic N) is 2. The van der Waals surface area contributed by atoms with E-state index in [2.05, 4.69) is 23.6 Å². The second kappa shape index (κ2) is 7.58. The Bertz CT molecular complexity index is 1290. The molecule has 0 unspecified atom stereocenters. The quantitative estimate of drug-likeness (QED) is 0.743. The van der Waals surface area contributed by atoms with Crippen LogP contribution in [0.1, 0.15) is 47.3 Å². The second-order valence-corrected chi connectivity index (χ2v) is 11.4. The molecule has 7 nitrogen and oxygen atoms in total. The van der Waals surface area contributed by atoms with Gasteiger partial charge in [0.05, 0.1) is 24.7 Å². The van der Waals surface area contributed by atoms with E-state index in [1.54, 1.807) is 7.11 Å². The minimum atomic E-state index is -3.48. The summed E-state index contributed by atoms with van der Waals surface area (Å²) in [5.74, 6) is 0.715. The molecule has 0 saturated carbocycles. The van der Waals surface area contributed by atoms with E-state index in [4.69, 9.17) is 4.74 Å². The van der Waals surface area contributed by atoms with Crippen molar-refractivity contribution < 1.29 is 17.9 Å². The van der Waals surface area contributed by atoms with E-state index in [0.717, 1.165) is 41.5 Å². The summed E-state index contributed by atoms with van der Waals surface area (Å²) in [5, 5.41) is 0. The zero-order valence-corrected chi connectivity index (χ0v) is 20.2. The minimum absolute atomic E-state index is 0.0349. The number of aliphatic imine (C=N–C) groups is 1. The molecule has 33 heavy (non-hydrogen) atoms. The molecular formula is C25H29N3O4S. The highest BCUT2D eigenvalue weighted by atomic mass is 32.2. The van der Waals surface area contributed by atoms with Crippen molar-refractivity contribution >= 4 is 33.5 Å². The fourth-order valence-electron chi connectivity index (χ4n) is 5.88. The number of rotatable bonds is 4.